The van der Waals surface area contributed by atoms with Gasteiger partial charge >= 0.3 is 0 Å². The molecule has 0 amide bonds. The maximum absolute atomic E-state index is 4.44. The average Bonchev–Trinajstić information content (AvgIpc) is 2.36. The lowest BCUT2D eigenvalue weighted by Gasteiger charge is -2.16. The zero-order chi connectivity index (χ0) is 13.0. The number of aromatic nitrogens is 3. The first-order valence-corrected chi connectivity index (χ1v) is 6.16. The van der Waals surface area contributed by atoms with E-state index in [-0.39, 0.29) is 0 Å². The van der Waals surface area contributed by atoms with Crippen LogP contribution in [0.5, 0.6) is 0 Å². The van der Waals surface area contributed by atoms with Crippen LogP contribution in [0.2, 0.25) is 0 Å². The molecule has 0 bridgehead atoms. The van der Waals surface area contributed by atoms with Crippen molar-refractivity contribution < 1.29 is 0 Å². The van der Waals surface area contributed by atoms with Gasteiger partial charge in [-0.2, -0.15) is 0 Å². The topological polar surface area (TPSA) is 53.9 Å². The number of fused-ring (bicyclic) bond motifs is 1. The molecule has 0 aliphatic carbocycles. The van der Waals surface area contributed by atoms with E-state index in [9.17, 15) is 0 Å². The second kappa shape index (κ2) is 5.73. The lowest BCUT2D eigenvalue weighted by atomic mass is 10.2. The van der Waals surface area contributed by atoms with Gasteiger partial charge in [0.1, 0.15) is 5.52 Å². The molecule has 5 heteroatoms. The minimum atomic E-state index is 0.329. The van der Waals surface area contributed by atoms with Crippen molar-refractivity contribution in [1.82, 2.24) is 20.1 Å². The van der Waals surface area contributed by atoms with Gasteiger partial charge in [0.05, 0.1) is 5.52 Å². The Hall–Kier alpha value is -1.75. The lowest BCUT2D eigenvalue weighted by Crippen LogP contribution is -2.24. The Morgan fingerprint density at radius 2 is 1.89 bits per heavy atom. The van der Waals surface area contributed by atoms with Gasteiger partial charge in [0.15, 0.2) is 0 Å². The third kappa shape index (κ3) is 3.37. The number of para-hydroxylation sites is 1. The summed E-state index contributed by atoms with van der Waals surface area (Å²) in [6, 6.07) is 8.08. The number of hydrogen-bond acceptors (Lipinski definition) is 5. The molecule has 0 spiro atoms. The van der Waals surface area contributed by atoms with Gasteiger partial charge in [0, 0.05) is 6.04 Å². The van der Waals surface area contributed by atoms with E-state index in [1.165, 1.54) is 0 Å². The normalized spacial score (nSPS) is 12.9. The molecule has 5 nitrogen and oxygen atoms in total. The summed E-state index contributed by atoms with van der Waals surface area (Å²) in [5.41, 5.74) is 1.69. The van der Waals surface area contributed by atoms with Crippen molar-refractivity contribution in [2.75, 3.05) is 26.0 Å². The van der Waals surface area contributed by atoms with Crippen molar-refractivity contribution in [1.29, 1.82) is 0 Å². The minimum Gasteiger partial charge on any atom is -0.350 e. The largest absolute Gasteiger partial charge is 0.350 e. The Balaban J connectivity index is 2.03. The van der Waals surface area contributed by atoms with Crippen LogP contribution >= 0.6 is 0 Å². The van der Waals surface area contributed by atoms with Crippen molar-refractivity contribution in [3.05, 3.63) is 24.3 Å². The fraction of sp³-hybridized carbons (Fsp3) is 0.462. The van der Waals surface area contributed by atoms with Gasteiger partial charge in [0.25, 0.3) is 0 Å². The third-order valence-electron chi connectivity index (χ3n) is 2.75. The highest BCUT2D eigenvalue weighted by atomic mass is 15.2. The predicted molar refractivity (Wildman–Crippen MR) is 73.6 cm³/mol. The molecule has 0 fully saturated rings. The Bertz CT molecular complexity index is 511. The summed E-state index contributed by atoms with van der Waals surface area (Å²) < 4.78 is 0. The summed E-state index contributed by atoms with van der Waals surface area (Å²) in [6.07, 6.45) is 1.04. The van der Waals surface area contributed by atoms with Gasteiger partial charge in [-0.25, -0.2) is 4.98 Å². The molecule has 1 aromatic carbocycles. The molecule has 0 aliphatic heterocycles. The molecule has 1 unspecified atom stereocenters. The van der Waals surface area contributed by atoms with E-state index in [2.05, 4.69) is 46.4 Å². The van der Waals surface area contributed by atoms with Crippen LogP contribution in [0.1, 0.15) is 13.3 Å². The first-order valence-electron chi connectivity index (χ1n) is 6.16. The SMILES string of the molecule is CC(CCN(C)C)Nc1nnc2ccccc2n1. The van der Waals surface area contributed by atoms with Crippen LogP contribution in [0, 0.1) is 0 Å². The van der Waals surface area contributed by atoms with Gasteiger partial charge in [0.2, 0.25) is 5.95 Å². The van der Waals surface area contributed by atoms with Crippen LogP contribution in [-0.4, -0.2) is 46.8 Å². The molecule has 18 heavy (non-hydrogen) atoms. The molecule has 2 aromatic rings. The molecule has 1 heterocycles. The monoisotopic (exact) mass is 245 g/mol. The molecule has 1 aromatic heterocycles. The second-order valence-corrected chi connectivity index (χ2v) is 4.76. The predicted octanol–water partition coefficient (Wildman–Crippen LogP) is 1.78. The van der Waals surface area contributed by atoms with Crippen LogP contribution in [0.4, 0.5) is 5.95 Å². The van der Waals surface area contributed by atoms with E-state index in [1.54, 1.807) is 0 Å². The van der Waals surface area contributed by atoms with Gasteiger partial charge in [-0.15, -0.1) is 10.2 Å². The fourth-order valence-corrected chi connectivity index (χ4v) is 1.69. The average molecular weight is 245 g/mol. The van der Waals surface area contributed by atoms with Crippen LogP contribution in [0.25, 0.3) is 11.0 Å². The smallest absolute Gasteiger partial charge is 0.243 e. The molecule has 2 rings (SSSR count). The summed E-state index contributed by atoms with van der Waals surface area (Å²) in [5, 5.41) is 11.5. The van der Waals surface area contributed by atoms with Crippen LogP contribution in [-0.2, 0) is 0 Å². The van der Waals surface area contributed by atoms with Crippen LogP contribution in [0.3, 0.4) is 0 Å². The van der Waals surface area contributed by atoms with Crippen molar-refractivity contribution in [2.45, 2.75) is 19.4 Å². The van der Waals surface area contributed by atoms with Gasteiger partial charge < -0.3 is 10.2 Å². The van der Waals surface area contributed by atoms with Gasteiger partial charge in [-0.3, -0.25) is 0 Å². The Kier molecular flexibility index (Phi) is 4.04. The van der Waals surface area contributed by atoms with Gasteiger partial charge in [-0.1, -0.05) is 12.1 Å². The van der Waals surface area contributed by atoms with E-state index < -0.39 is 0 Å². The van der Waals surface area contributed by atoms with Crippen LogP contribution < -0.4 is 5.32 Å². The van der Waals surface area contributed by atoms with E-state index in [0.29, 0.717) is 12.0 Å². The van der Waals surface area contributed by atoms with Crippen molar-refractivity contribution in [3.63, 3.8) is 0 Å². The minimum absolute atomic E-state index is 0.329. The van der Waals surface area contributed by atoms with Crippen LogP contribution in [0.15, 0.2) is 24.3 Å². The Morgan fingerprint density at radius 3 is 2.61 bits per heavy atom. The Labute approximate surface area is 107 Å². The molecular formula is C13H19N5. The first-order chi connectivity index (χ1) is 8.65. The molecular weight excluding hydrogens is 226 g/mol. The number of benzene rings is 1. The summed E-state index contributed by atoms with van der Waals surface area (Å²) in [7, 11) is 4.14. The zero-order valence-corrected chi connectivity index (χ0v) is 11.1. The number of hydrogen-bond donors (Lipinski definition) is 1. The summed E-state index contributed by atoms with van der Waals surface area (Å²) >= 11 is 0. The quantitative estimate of drug-likeness (QED) is 0.870. The second-order valence-electron chi connectivity index (χ2n) is 4.76. The van der Waals surface area contributed by atoms with E-state index >= 15 is 0 Å². The number of anilines is 1. The van der Waals surface area contributed by atoms with E-state index in [0.717, 1.165) is 24.0 Å². The number of rotatable bonds is 5. The van der Waals surface area contributed by atoms with Crippen molar-refractivity contribution in [3.8, 4) is 0 Å². The highest BCUT2D eigenvalue weighted by Gasteiger charge is 2.06. The van der Waals surface area contributed by atoms with Crippen molar-refractivity contribution >= 4 is 17.0 Å². The number of nitrogens with one attached hydrogen (secondary N) is 1. The maximum atomic E-state index is 4.44. The highest BCUT2D eigenvalue weighted by Crippen LogP contribution is 2.10. The zero-order valence-electron chi connectivity index (χ0n) is 11.1. The third-order valence-corrected chi connectivity index (χ3v) is 2.75. The van der Waals surface area contributed by atoms with E-state index in [4.69, 9.17) is 0 Å². The molecule has 0 radical (unpaired) electrons. The molecule has 0 saturated carbocycles. The Morgan fingerprint density at radius 1 is 1.17 bits per heavy atom. The standard InChI is InChI=1S/C13H19N5/c1-10(8-9-18(2)3)14-13-15-11-6-4-5-7-12(11)16-17-13/h4-7,10H,8-9H2,1-3H3,(H,14,15,17). The first kappa shape index (κ1) is 12.7. The molecule has 0 aliphatic rings. The highest BCUT2D eigenvalue weighted by molar-refractivity contribution is 5.74. The molecule has 1 atom stereocenters. The fourth-order valence-electron chi connectivity index (χ4n) is 1.69. The number of nitrogens with zero attached hydrogens (tertiary/aromatic N) is 4. The molecule has 96 valence electrons. The summed E-state index contributed by atoms with van der Waals surface area (Å²) in [4.78, 5) is 6.61. The summed E-state index contributed by atoms with van der Waals surface area (Å²) in [5.74, 6) is 0.597. The van der Waals surface area contributed by atoms with Crippen molar-refractivity contribution in [2.24, 2.45) is 0 Å². The van der Waals surface area contributed by atoms with E-state index in [1.807, 2.05) is 24.3 Å². The molecule has 1 N–H and O–H groups in total. The maximum Gasteiger partial charge on any atom is 0.243 e. The molecule has 0 saturated heterocycles. The lowest BCUT2D eigenvalue weighted by molar-refractivity contribution is 0.390. The van der Waals surface area contributed by atoms with Gasteiger partial charge in [-0.05, 0) is 46.1 Å². The summed E-state index contributed by atoms with van der Waals surface area (Å²) in [6.45, 7) is 3.16.